The summed E-state index contributed by atoms with van der Waals surface area (Å²) in [7, 11) is 0. The zero-order chi connectivity index (χ0) is 13.1. The molecule has 2 rings (SSSR count). The molecule has 1 heterocycles. The normalized spacial score (nSPS) is 18.7. The van der Waals surface area contributed by atoms with Gasteiger partial charge in [-0.1, -0.05) is 0 Å². The number of carbonyl (C=O) groups excluding carboxylic acids is 1. The lowest BCUT2D eigenvalue weighted by Crippen LogP contribution is -2.22. The maximum Gasteiger partial charge on any atom is 0.161 e. The maximum absolute atomic E-state index is 11.6. The van der Waals surface area contributed by atoms with Crippen molar-refractivity contribution in [3.05, 3.63) is 29.3 Å². The van der Waals surface area contributed by atoms with E-state index < -0.39 is 0 Å². The van der Waals surface area contributed by atoms with E-state index in [0.29, 0.717) is 11.1 Å². The fourth-order valence-corrected chi connectivity index (χ4v) is 2.36. The summed E-state index contributed by atoms with van der Waals surface area (Å²) in [6.07, 6.45) is 0.921. The zero-order valence-corrected chi connectivity index (χ0v) is 10.4. The number of rotatable bonds is 3. The largest absolute Gasteiger partial charge is 0.396 e. The highest BCUT2D eigenvalue weighted by atomic mass is 16.3. The topological polar surface area (TPSA) is 64.3 Å². The number of hydrogen-bond acceptors (Lipinski definition) is 4. The van der Waals surface area contributed by atoms with E-state index in [0.717, 1.165) is 25.2 Å². The van der Waals surface area contributed by atoms with Crippen molar-refractivity contribution in [3.8, 4) is 6.07 Å². The average Bonchev–Trinajstić information content (AvgIpc) is 2.86. The standard InChI is InChI=1S/C14H16N2O2/c1-10(18)13-3-2-11(7-15)6-14(13)16-5-4-12(8-16)9-17/h2-3,6,12,17H,4-5,8-9H2,1H3. The molecule has 4 heteroatoms. The van der Waals surface area contributed by atoms with Gasteiger partial charge in [0.05, 0.1) is 11.6 Å². The molecule has 0 spiro atoms. The lowest BCUT2D eigenvalue weighted by atomic mass is 10.1. The highest BCUT2D eigenvalue weighted by Gasteiger charge is 2.24. The first-order valence-electron chi connectivity index (χ1n) is 6.06. The Labute approximate surface area is 106 Å². The molecule has 18 heavy (non-hydrogen) atoms. The molecule has 0 radical (unpaired) electrons. The Kier molecular flexibility index (Phi) is 3.63. The molecule has 1 saturated heterocycles. The molecule has 1 aromatic carbocycles. The summed E-state index contributed by atoms with van der Waals surface area (Å²) in [5.41, 5.74) is 2.02. The van der Waals surface area contributed by atoms with Gasteiger partial charge in [-0.2, -0.15) is 5.26 Å². The molecule has 94 valence electrons. The third kappa shape index (κ3) is 2.36. The molecule has 1 atom stereocenters. The van der Waals surface area contributed by atoms with E-state index in [1.165, 1.54) is 6.92 Å². The number of aliphatic hydroxyl groups excluding tert-OH is 1. The molecule has 0 amide bonds. The molecular weight excluding hydrogens is 228 g/mol. The quantitative estimate of drug-likeness (QED) is 0.820. The van der Waals surface area contributed by atoms with Gasteiger partial charge >= 0.3 is 0 Å². The number of nitrogens with zero attached hydrogens (tertiary/aromatic N) is 2. The van der Waals surface area contributed by atoms with Crippen LogP contribution in [0.5, 0.6) is 0 Å². The van der Waals surface area contributed by atoms with Crippen LogP contribution in [0.3, 0.4) is 0 Å². The van der Waals surface area contributed by atoms with Crippen LogP contribution in [0, 0.1) is 17.2 Å². The number of carbonyl (C=O) groups is 1. The van der Waals surface area contributed by atoms with Gasteiger partial charge in [-0.15, -0.1) is 0 Å². The van der Waals surface area contributed by atoms with Crippen LogP contribution in [-0.2, 0) is 0 Å². The van der Waals surface area contributed by atoms with Gasteiger partial charge in [-0.3, -0.25) is 4.79 Å². The third-order valence-electron chi connectivity index (χ3n) is 3.39. The molecule has 0 aromatic heterocycles. The summed E-state index contributed by atoms with van der Waals surface area (Å²) in [6, 6.07) is 7.23. The van der Waals surface area contributed by atoms with Crippen LogP contribution in [-0.4, -0.2) is 30.6 Å². The van der Waals surface area contributed by atoms with E-state index in [9.17, 15) is 4.79 Å². The Hall–Kier alpha value is -1.86. The lowest BCUT2D eigenvalue weighted by Gasteiger charge is -2.21. The highest BCUT2D eigenvalue weighted by Crippen LogP contribution is 2.28. The number of ketones is 1. The number of hydrogen-bond donors (Lipinski definition) is 1. The van der Waals surface area contributed by atoms with Crippen molar-refractivity contribution in [2.75, 3.05) is 24.6 Å². The van der Waals surface area contributed by atoms with Crippen molar-refractivity contribution >= 4 is 11.5 Å². The van der Waals surface area contributed by atoms with Gasteiger partial charge in [0.15, 0.2) is 5.78 Å². The Morgan fingerprint density at radius 3 is 2.94 bits per heavy atom. The maximum atomic E-state index is 11.6. The minimum absolute atomic E-state index is 0.00179. The summed E-state index contributed by atoms with van der Waals surface area (Å²) in [5, 5.41) is 18.1. The zero-order valence-electron chi connectivity index (χ0n) is 10.4. The predicted molar refractivity (Wildman–Crippen MR) is 68.6 cm³/mol. The minimum atomic E-state index is 0.00179. The molecule has 1 aliphatic heterocycles. The van der Waals surface area contributed by atoms with Crippen molar-refractivity contribution in [2.24, 2.45) is 5.92 Å². The van der Waals surface area contributed by atoms with Gasteiger partial charge in [-0.25, -0.2) is 0 Å². The first-order valence-corrected chi connectivity index (χ1v) is 6.06. The van der Waals surface area contributed by atoms with Crippen LogP contribution in [0.2, 0.25) is 0 Å². The van der Waals surface area contributed by atoms with Gasteiger partial charge in [0.2, 0.25) is 0 Å². The molecule has 1 aromatic rings. The van der Waals surface area contributed by atoms with Crippen LogP contribution >= 0.6 is 0 Å². The SMILES string of the molecule is CC(=O)c1ccc(C#N)cc1N1CCC(CO)C1. The lowest BCUT2D eigenvalue weighted by molar-refractivity contribution is 0.101. The minimum Gasteiger partial charge on any atom is -0.396 e. The summed E-state index contributed by atoms with van der Waals surface area (Å²) in [6.45, 7) is 3.26. The monoisotopic (exact) mass is 244 g/mol. The first-order chi connectivity index (χ1) is 8.65. The van der Waals surface area contributed by atoms with Crippen LogP contribution in [0.4, 0.5) is 5.69 Å². The number of Topliss-reactive ketones (excluding diaryl/α,β-unsaturated/α-hetero) is 1. The Morgan fingerprint density at radius 1 is 1.61 bits per heavy atom. The molecule has 1 aliphatic rings. The van der Waals surface area contributed by atoms with Crippen molar-refractivity contribution in [1.82, 2.24) is 0 Å². The second-order valence-corrected chi connectivity index (χ2v) is 4.68. The molecule has 0 saturated carbocycles. The summed E-state index contributed by atoms with van der Waals surface area (Å²) in [5.74, 6) is 0.262. The van der Waals surface area contributed by atoms with Gasteiger partial charge in [0.25, 0.3) is 0 Å². The molecule has 1 fully saturated rings. The van der Waals surface area contributed by atoms with E-state index in [1.54, 1.807) is 18.2 Å². The number of anilines is 1. The van der Waals surface area contributed by atoms with Crippen LogP contribution in [0.1, 0.15) is 29.3 Å². The molecule has 4 nitrogen and oxygen atoms in total. The van der Waals surface area contributed by atoms with E-state index in [-0.39, 0.29) is 18.3 Å². The van der Waals surface area contributed by atoms with E-state index >= 15 is 0 Å². The molecule has 0 aliphatic carbocycles. The van der Waals surface area contributed by atoms with Gasteiger partial charge in [-0.05, 0) is 31.5 Å². The Morgan fingerprint density at radius 2 is 2.39 bits per heavy atom. The van der Waals surface area contributed by atoms with Crippen LogP contribution in [0.15, 0.2) is 18.2 Å². The highest BCUT2D eigenvalue weighted by molar-refractivity contribution is 6.00. The van der Waals surface area contributed by atoms with Gasteiger partial charge in [0.1, 0.15) is 0 Å². The number of nitriles is 1. The van der Waals surface area contributed by atoms with Crippen molar-refractivity contribution < 1.29 is 9.90 Å². The molecular formula is C14H16N2O2. The molecule has 0 bridgehead atoms. The summed E-state index contributed by atoms with van der Waals surface area (Å²) < 4.78 is 0. The number of aliphatic hydroxyl groups is 1. The van der Waals surface area contributed by atoms with E-state index in [2.05, 4.69) is 11.0 Å². The first kappa shape index (κ1) is 12.6. The second-order valence-electron chi connectivity index (χ2n) is 4.68. The van der Waals surface area contributed by atoms with Gasteiger partial charge in [0, 0.05) is 36.9 Å². The molecule has 1 N–H and O–H groups in total. The Bertz CT molecular complexity index is 505. The molecule has 1 unspecified atom stereocenters. The number of benzene rings is 1. The van der Waals surface area contributed by atoms with Gasteiger partial charge < -0.3 is 10.0 Å². The predicted octanol–water partition coefficient (Wildman–Crippen LogP) is 1.58. The summed E-state index contributed by atoms with van der Waals surface area (Å²) >= 11 is 0. The third-order valence-corrected chi connectivity index (χ3v) is 3.39. The van der Waals surface area contributed by atoms with E-state index in [4.69, 9.17) is 10.4 Å². The van der Waals surface area contributed by atoms with Crippen LogP contribution < -0.4 is 4.90 Å². The fourth-order valence-electron chi connectivity index (χ4n) is 2.36. The average molecular weight is 244 g/mol. The Balaban J connectivity index is 2.36. The van der Waals surface area contributed by atoms with Crippen molar-refractivity contribution in [2.45, 2.75) is 13.3 Å². The fraction of sp³-hybridized carbons (Fsp3) is 0.429. The second kappa shape index (κ2) is 5.19. The summed E-state index contributed by atoms with van der Waals surface area (Å²) in [4.78, 5) is 13.7. The van der Waals surface area contributed by atoms with Crippen molar-refractivity contribution in [1.29, 1.82) is 5.26 Å². The van der Waals surface area contributed by atoms with E-state index in [1.807, 2.05) is 0 Å². The van der Waals surface area contributed by atoms with Crippen LogP contribution in [0.25, 0.3) is 0 Å². The van der Waals surface area contributed by atoms with Crippen molar-refractivity contribution in [3.63, 3.8) is 0 Å². The smallest absolute Gasteiger partial charge is 0.161 e.